The van der Waals surface area contributed by atoms with Crippen molar-refractivity contribution in [1.82, 2.24) is 10.2 Å². The summed E-state index contributed by atoms with van der Waals surface area (Å²) < 4.78 is 0. The molecule has 28 heavy (non-hydrogen) atoms. The Morgan fingerprint density at radius 2 is 1.82 bits per heavy atom. The molecule has 1 saturated carbocycles. The summed E-state index contributed by atoms with van der Waals surface area (Å²) in [6.45, 7) is 10.6. The minimum Gasteiger partial charge on any atom is -0.360 e. The fraction of sp³-hybridized carbons (Fsp3) is 0.636. The largest absolute Gasteiger partial charge is 0.360 e. The monoisotopic (exact) mass is 403 g/mol. The number of hydrogen-bond donors (Lipinski definition) is 3. The SMILES string of the molecule is Cc1cccc(C)c1NC(=O)C[NH+]1CCN(C(=S)N[C@H]2CCCC[C@@H]2C)CC1. The highest BCUT2D eigenvalue weighted by atomic mass is 32.1. The van der Waals surface area contributed by atoms with Crippen molar-refractivity contribution >= 4 is 28.9 Å². The maximum atomic E-state index is 12.5. The number of aryl methyl sites for hydroxylation is 2. The van der Waals surface area contributed by atoms with E-state index in [1.54, 1.807) is 0 Å². The fourth-order valence-corrected chi connectivity index (χ4v) is 4.74. The minimum absolute atomic E-state index is 0.0950. The molecule has 1 aliphatic heterocycles. The van der Waals surface area contributed by atoms with Gasteiger partial charge in [0, 0.05) is 11.7 Å². The lowest BCUT2D eigenvalue weighted by atomic mass is 9.86. The molecule has 0 spiro atoms. The van der Waals surface area contributed by atoms with Gasteiger partial charge in [-0.25, -0.2) is 0 Å². The lowest BCUT2D eigenvalue weighted by Crippen LogP contribution is -3.15. The summed E-state index contributed by atoms with van der Waals surface area (Å²) >= 11 is 5.68. The van der Waals surface area contributed by atoms with Crippen molar-refractivity contribution in [3.63, 3.8) is 0 Å². The van der Waals surface area contributed by atoms with Crippen LogP contribution in [0.2, 0.25) is 0 Å². The number of anilines is 1. The second kappa shape index (κ2) is 9.70. The molecule has 154 valence electrons. The molecule has 3 rings (SSSR count). The van der Waals surface area contributed by atoms with Gasteiger partial charge in [0.1, 0.15) is 0 Å². The van der Waals surface area contributed by atoms with E-state index in [-0.39, 0.29) is 5.91 Å². The standard InChI is InChI=1S/C22H34N4OS/c1-16-7-4-5-10-19(16)23-22(28)26-13-11-25(12-14-26)15-20(27)24-21-17(2)8-6-9-18(21)3/h6,8-9,16,19H,4-5,7,10-15H2,1-3H3,(H,23,28)(H,24,27)/p+1/t16-,19-/m0/s1. The third-order valence-corrected chi connectivity index (χ3v) is 6.71. The molecule has 1 amide bonds. The smallest absolute Gasteiger partial charge is 0.279 e. The van der Waals surface area contributed by atoms with Gasteiger partial charge in [0.15, 0.2) is 11.7 Å². The number of rotatable bonds is 4. The lowest BCUT2D eigenvalue weighted by Gasteiger charge is -2.37. The van der Waals surface area contributed by atoms with Crippen LogP contribution in [0.5, 0.6) is 0 Å². The molecule has 0 bridgehead atoms. The van der Waals surface area contributed by atoms with Gasteiger partial charge in [0.2, 0.25) is 0 Å². The molecule has 2 aliphatic rings. The third-order valence-electron chi connectivity index (χ3n) is 6.33. The molecule has 5 nitrogen and oxygen atoms in total. The van der Waals surface area contributed by atoms with E-state index in [0.29, 0.717) is 18.5 Å². The van der Waals surface area contributed by atoms with Crippen molar-refractivity contribution in [3.05, 3.63) is 29.3 Å². The fourth-order valence-electron chi connectivity index (χ4n) is 4.41. The summed E-state index contributed by atoms with van der Waals surface area (Å²) in [6, 6.07) is 6.62. The number of carbonyl (C=O) groups excluding carboxylic acids is 1. The van der Waals surface area contributed by atoms with E-state index in [9.17, 15) is 4.79 Å². The van der Waals surface area contributed by atoms with E-state index in [0.717, 1.165) is 48.1 Å². The number of carbonyl (C=O) groups is 1. The minimum atomic E-state index is 0.0950. The topological polar surface area (TPSA) is 48.8 Å². The Balaban J connectivity index is 1.43. The number of thiocarbonyl (C=S) groups is 1. The van der Waals surface area contributed by atoms with Crippen LogP contribution in [0, 0.1) is 19.8 Å². The number of benzene rings is 1. The first-order valence-electron chi connectivity index (χ1n) is 10.7. The maximum Gasteiger partial charge on any atom is 0.279 e. The van der Waals surface area contributed by atoms with Gasteiger partial charge in [-0.3, -0.25) is 4.79 Å². The van der Waals surface area contributed by atoms with E-state index in [1.807, 2.05) is 32.0 Å². The molecule has 0 unspecified atom stereocenters. The van der Waals surface area contributed by atoms with Gasteiger partial charge in [-0.2, -0.15) is 0 Å². The highest BCUT2D eigenvalue weighted by molar-refractivity contribution is 7.80. The Hall–Kier alpha value is -1.66. The Labute approximate surface area is 174 Å². The van der Waals surface area contributed by atoms with Crippen LogP contribution >= 0.6 is 12.2 Å². The van der Waals surface area contributed by atoms with Gasteiger partial charge in [0.25, 0.3) is 5.91 Å². The number of para-hydroxylation sites is 1. The summed E-state index contributed by atoms with van der Waals surface area (Å²) in [5.41, 5.74) is 3.18. The molecule has 2 atom stereocenters. The molecule has 6 heteroatoms. The molecule has 1 aromatic rings. The number of piperazine rings is 1. The predicted octanol–water partition coefficient (Wildman–Crippen LogP) is 1.90. The normalized spacial score (nSPS) is 23.3. The van der Waals surface area contributed by atoms with Crippen molar-refractivity contribution < 1.29 is 9.69 Å². The molecule has 1 saturated heterocycles. The third kappa shape index (κ3) is 5.45. The average molecular weight is 404 g/mol. The van der Waals surface area contributed by atoms with E-state index in [2.05, 4.69) is 22.5 Å². The zero-order valence-corrected chi connectivity index (χ0v) is 18.3. The first-order valence-corrected chi connectivity index (χ1v) is 11.1. The summed E-state index contributed by atoms with van der Waals surface area (Å²) in [7, 11) is 0. The second-order valence-electron chi connectivity index (χ2n) is 8.55. The Bertz CT molecular complexity index is 680. The molecule has 2 fully saturated rings. The van der Waals surface area contributed by atoms with Crippen LogP contribution in [0.25, 0.3) is 0 Å². The molecular formula is C22H35N4OS+. The van der Waals surface area contributed by atoms with Crippen LogP contribution in [-0.4, -0.2) is 54.7 Å². The van der Waals surface area contributed by atoms with E-state index >= 15 is 0 Å². The first kappa shape index (κ1) is 21.1. The van der Waals surface area contributed by atoms with Crippen LogP contribution < -0.4 is 15.5 Å². The van der Waals surface area contributed by atoms with Gasteiger partial charge in [-0.15, -0.1) is 0 Å². The number of nitrogens with one attached hydrogen (secondary N) is 3. The lowest BCUT2D eigenvalue weighted by molar-refractivity contribution is -0.895. The Kier molecular flexibility index (Phi) is 7.30. The molecule has 1 aromatic carbocycles. The summed E-state index contributed by atoms with van der Waals surface area (Å²) in [5, 5.41) is 7.62. The van der Waals surface area contributed by atoms with Crippen molar-refractivity contribution in [2.24, 2.45) is 5.92 Å². The molecule has 0 radical (unpaired) electrons. The predicted molar refractivity (Wildman–Crippen MR) is 119 cm³/mol. The highest BCUT2D eigenvalue weighted by Gasteiger charge is 2.27. The van der Waals surface area contributed by atoms with Crippen molar-refractivity contribution in [3.8, 4) is 0 Å². The first-order chi connectivity index (χ1) is 13.4. The van der Waals surface area contributed by atoms with Gasteiger partial charge >= 0.3 is 0 Å². The summed E-state index contributed by atoms with van der Waals surface area (Å²) in [6.07, 6.45) is 5.18. The van der Waals surface area contributed by atoms with Crippen LogP contribution in [0.15, 0.2) is 18.2 Å². The summed E-state index contributed by atoms with van der Waals surface area (Å²) in [5.74, 6) is 0.796. The van der Waals surface area contributed by atoms with Gasteiger partial charge in [0.05, 0.1) is 26.2 Å². The van der Waals surface area contributed by atoms with Crippen LogP contribution in [0.4, 0.5) is 5.69 Å². The zero-order valence-electron chi connectivity index (χ0n) is 17.5. The van der Waals surface area contributed by atoms with E-state index < -0.39 is 0 Å². The molecule has 0 aromatic heterocycles. The summed E-state index contributed by atoms with van der Waals surface area (Å²) in [4.78, 5) is 16.1. The number of amides is 1. The van der Waals surface area contributed by atoms with Gasteiger partial charge in [-0.05, 0) is 56.0 Å². The van der Waals surface area contributed by atoms with Crippen LogP contribution in [-0.2, 0) is 4.79 Å². The molecule has 3 N–H and O–H groups in total. The Morgan fingerprint density at radius 3 is 2.46 bits per heavy atom. The van der Waals surface area contributed by atoms with Crippen LogP contribution in [0.1, 0.15) is 43.7 Å². The molecule has 1 aliphatic carbocycles. The van der Waals surface area contributed by atoms with Crippen molar-refractivity contribution in [1.29, 1.82) is 0 Å². The number of nitrogens with zero attached hydrogens (tertiary/aromatic N) is 1. The quantitative estimate of drug-likeness (QED) is 0.672. The number of quaternary nitrogens is 1. The molecular weight excluding hydrogens is 368 g/mol. The van der Waals surface area contributed by atoms with Gasteiger partial charge < -0.3 is 20.4 Å². The number of hydrogen-bond acceptors (Lipinski definition) is 2. The molecule has 1 heterocycles. The van der Waals surface area contributed by atoms with Crippen molar-refractivity contribution in [2.75, 3.05) is 38.0 Å². The Morgan fingerprint density at radius 1 is 1.18 bits per heavy atom. The highest BCUT2D eigenvalue weighted by Crippen LogP contribution is 2.24. The zero-order chi connectivity index (χ0) is 20.1. The van der Waals surface area contributed by atoms with Crippen LogP contribution in [0.3, 0.4) is 0 Å². The second-order valence-corrected chi connectivity index (χ2v) is 8.93. The average Bonchev–Trinajstić information content (AvgIpc) is 2.67. The van der Waals surface area contributed by atoms with Crippen molar-refractivity contribution in [2.45, 2.75) is 52.5 Å². The maximum absolute atomic E-state index is 12.5. The van der Waals surface area contributed by atoms with Gasteiger partial charge in [-0.1, -0.05) is 38.0 Å². The van der Waals surface area contributed by atoms with E-state index in [1.165, 1.54) is 30.6 Å². The van der Waals surface area contributed by atoms with E-state index in [4.69, 9.17) is 12.2 Å².